The van der Waals surface area contributed by atoms with Crippen molar-refractivity contribution in [3.63, 3.8) is 0 Å². The van der Waals surface area contributed by atoms with Crippen molar-refractivity contribution in [2.75, 3.05) is 19.4 Å². The number of nitrogens with one attached hydrogen (secondary N) is 2. The van der Waals surface area contributed by atoms with Crippen LogP contribution in [0.3, 0.4) is 0 Å². The standard InChI is InChI=1S/C18H24N4O3/c1-4-16(25-13-7-5-6-12(8-13)9-22(2)3)20-18-19-15-11-24-10-14(15)17(23)21-18/h5-8,16H,4,9-11H2,1-3H3,(H2,19,20,21,23). The van der Waals surface area contributed by atoms with Crippen LogP contribution in [-0.4, -0.2) is 35.2 Å². The maximum Gasteiger partial charge on any atom is 0.258 e. The van der Waals surface area contributed by atoms with Crippen molar-refractivity contribution in [3.05, 3.63) is 51.4 Å². The van der Waals surface area contributed by atoms with Gasteiger partial charge in [-0.2, -0.15) is 0 Å². The van der Waals surface area contributed by atoms with Gasteiger partial charge in [0, 0.05) is 13.0 Å². The van der Waals surface area contributed by atoms with Crippen molar-refractivity contribution in [1.82, 2.24) is 14.9 Å². The van der Waals surface area contributed by atoms with Crippen LogP contribution in [0, 0.1) is 0 Å². The monoisotopic (exact) mass is 344 g/mol. The molecule has 0 bridgehead atoms. The van der Waals surface area contributed by atoms with E-state index in [4.69, 9.17) is 9.47 Å². The summed E-state index contributed by atoms with van der Waals surface area (Å²) >= 11 is 0. The van der Waals surface area contributed by atoms with Gasteiger partial charge in [-0.3, -0.25) is 9.78 Å². The molecule has 1 aliphatic rings. The lowest BCUT2D eigenvalue weighted by atomic mass is 10.2. The van der Waals surface area contributed by atoms with Gasteiger partial charge in [-0.25, -0.2) is 4.98 Å². The van der Waals surface area contributed by atoms with Gasteiger partial charge in [-0.15, -0.1) is 0 Å². The molecular weight excluding hydrogens is 320 g/mol. The molecule has 1 aliphatic heterocycles. The summed E-state index contributed by atoms with van der Waals surface area (Å²) in [7, 11) is 4.06. The molecule has 1 aromatic heterocycles. The van der Waals surface area contributed by atoms with Crippen LogP contribution in [0.15, 0.2) is 29.1 Å². The lowest BCUT2D eigenvalue weighted by molar-refractivity contribution is 0.133. The lowest BCUT2D eigenvalue weighted by Crippen LogP contribution is -2.28. The van der Waals surface area contributed by atoms with Gasteiger partial charge in [0.2, 0.25) is 5.95 Å². The molecule has 1 atom stereocenters. The number of aromatic nitrogens is 2. The van der Waals surface area contributed by atoms with Crippen LogP contribution in [0.1, 0.15) is 30.2 Å². The van der Waals surface area contributed by atoms with Crippen LogP contribution in [0.4, 0.5) is 5.95 Å². The Hall–Kier alpha value is -2.38. The Morgan fingerprint density at radius 2 is 2.24 bits per heavy atom. The highest BCUT2D eigenvalue weighted by Gasteiger charge is 2.19. The summed E-state index contributed by atoms with van der Waals surface area (Å²) in [6.07, 6.45) is 0.424. The van der Waals surface area contributed by atoms with E-state index in [-0.39, 0.29) is 11.8 Å². The second-order valence-corrected chi connectivity index (χ2v) is 6.38. The quantitative estimate of drug-likeness (QED) is 0.749. The SMILES string of the molecule is CCC(Nc1nc2c(c(=O)[nH]1)COC2)Oc1cccc(CN(C)C)c1. The molecule has 0 saturated heterocycles. The van der Waals surface area contributed by atoms with E-state index in [1.807, 2.05) is 39.2 Å². The Labute approximate surface area is 147 Å². The number of H-pyrrole nitrogens is 1. The molecule has 7 nitrogen and oxygen atoms in total. The first-order valence-electron chi connectivity index (χ1n) is 8.42. The van der Waals surface area contributed by atoms with E-state index in [0.29, 0.717) is 30.4 Å². The molecule has 0 aliphatic carbocycles. The van der Waals surface area contributed by atoms with E-state index in [9.17, 15) is 4.79 Å². The summed E-state index contributed by atoms with van der Waals surface area (Å²) in [5.74, 6) is 1.19. The third-order valence-electron chi connectivity index (χ3n) is 3.93. The van der Waals surface area contributed by atoms with Crippen LogP contribution in [0.2, 0.25) is 0 Å². The molecular formula is C18H24N4O3. The number of hydrogen-bond acceptors (Lipinski definition) is 6. The van der Waals surface area contributed by atoms with Crippen molar-refractivity contribution < 1.29 is 9.47 Å². The van der Waals surface area contributed by atoms with Gasteiger partial charge >= 0.3 is 0 Å². The first-order valence-corrected chi connectivity index (χ1v) is 8.42. The van der Waals surface area contributed by atoms with Crippen molar-refractivity contribution in [3.8, 4) is 5.75 Å². The molecule has 3 rings (SSSR count). The highest BCUT2D eigenvalue weighted by atomic mass is 16.5. The molecule has 25 heavy (non-hydrogen) atoms. The van der Waals surface area contributed by atoms with Crippen molar-refractivity contribution in [1.29, 1.82) is 0 Å². The normalized spacial score (nSPS) is 14.4. The molecule has 7 heteroatoms. The summed E-state index contributed by atoms with van der Waals surface area (Å²) in [6.45, 7) is 3.56. The second kappa shape index (κ2) is 7.67. The van der Waals surface area contributed by atoms with Gasteiger partial charge in [0.1, 0.15) is 5.75 Å². The molecule has 0 amide bonds. The topological polar surface area (TPSA) is 79.5 Å². The second-order valence-electron chi connectivity index (χ2n) is 6.38. The van der Waals surface area contributed by atoms with Crippen LogP contribution < -0.4 is 15.6 Å². The minimum Gasteiger partial charge on any atom is -0.471 e. The summed E-state index contributed by atoms with van der Waals surface area (Å²) in [6, 6.07) is 8.00. The number of benzene rings is 1. The molecule has 0 spiro atoms. The van der Waals surface area contributed by atoms with Crippen molar-refractivity contribution in [2.24, 2.45) is 0 Å². The van der Waals surface area contributed by atoms with Gasteiger partial charge < -0.3 is 19.7 Å². The van der Waals surface area contributed by atoms with Crippen molar-refractivity contribution >= 4 is 5.95 Å². The molecule has 1 aromatic carbocycles. The van der Waals surface area contributed by atoms with Gasteiger partial charge in [0.25, 0.3) is 5.56 Å². The van der Waals surface area contributed by atoms with Gasteiger partial charge in [-0.05, 0) is 31.8 Å². The van der Waals surface area contributed by atoms with Crippen molar-refractivity contribution in [2.45, 2.75) is 39.3 Å². The van der Waals surface area contributed by atoms with Gasteiger partial charge in [-0.1, -0.05) is 19.1 Å². The third kappa shape index (κ3) is 4.37. The number of rotatable bonds is 7. The van der Waals surface area contributed by atoms with E-state index >= 15 is 0 Å². The summed E-state index contributed by atoms with van der Waals surface area (Å²) in [5.41, 5.74) is 2.32. The Morgan fingerprint density at radius 1 is 1.40 bits per heavy atom. The minimum absolute atomic E-state index is 0.159. The Bertz CT molecular complexity index is 788. The average Bonchev–Trinajstić information content (AvgIpc) is 3.03. The zero-order valence-electron chi connectivity index (χ0n) is 14.8. The number of aromatic amines is 1. The largest absolute Gasteiger partial charge is 0.471 e. The summed E-state index contributed by atoms with van der Waals surface area (Å²) in [5, 5.41) is 3.15. The predicted octanol–water partition coefficient (Wildman–Crippen LogP) is 2.09. The summed E-state index contributed by atoms with van der Waals surface area (Å²) in [4.78, 5) is 21.3. The Kier molecular flexibility index (Phi) is 5.35. The fourth-order valence-corrected chi connectivity index (χ4v) is 2.74. The Morgan fingerprint density at radius 3 is 3.00 bits per heavy atom. The first-order chi connectivity index (χ1) is 12.0. The number of hydrogen-bond donors (Lipinski definition) is 2. The third-order valence-corrected chi connectivity index (χ3v) is 3.93. The van der Waals surface area contributed by atoms with Gasteiger partial charge in [0.05, 0.1) is 24.5 Å². The Balaban J connectivity index is 1.71. The van der Waals surface area contributed by atoms with E-state index in [2.05, 4.69) is 26.3 Å². The van der Waals surface area contributed by atoms with E-state index in [0.717, 1.165) is 18.7 Å². The number of fused-ring (bicyclic) bond motifs is 1. The zero-order chi connectivity index (χ0) is 17.8. The number of nitrogens with zero attached hydrogens (tertiary/aromatic N) is 2. The fraction of sp³-hybridized carbons (Fsp3) is 0.444. The maximum atomic E-state index is 12.0. The molecule has 134 valence electrons. The van der Waals surface area contributed by atoms with E-state index < -0.39 is 0 Å². The van der Waals surface area contributed by atoms with Crippen LogP contribution >= 0.6 is 0 Å². The molecule has 2 aromatic rings. The molecule has 0 radical (unpaired) electrons. The molecule has 0 fully saturated rings. The molecule has 2 N–H and O–H groups in total. The lowest BCUT2D eigenvalue weighted by Gasteiger charge is -2.20. The summed E-state index contributed by atoms with van der Waals surface area (Å²) < 4.78 is 11.3. The molecule has 1 unspecified atom stereocenters. The average molecular weight is 344 g/mol. The highest BCUT2D eigenvalue weighted by Crippen LogP contribution is 2.18. The predicted molar refractivity (Wildman–Crippen MR) is 95.5 cm³/mol. The van der Waals surface area contributed by atoms with E-state index in [1.165, 1.54) is 5.56 Å². The van der Waals surface area contributed by atoms with Gasteiger partial charge in [0.15, 0.2) is 6.23 Å². The molecule has 2 heterocycles. The fourth-order valence-electron chi connectivity index (χ4n) is 2.74. The van der Waals surface area contributed by atoms with Crippen LogP contribution in [0.25, 0.3) is 0 Å². The minimum atomic E-state index is -0.293. The smallest absolute Gasteiger partial charge is 0.258 e. The first kappa shape index (κ1) is 17.4. The maximum absolute atomic E-state index is 12.0. The zero-order valence-corrected chi connectivity index (χ0v) is 14.8. The van der Waals surface area contributed by atoms with Crippen LogP contribution in [-0.2, 0) is 24.5 Å². The van der Waals surface area contributed by atoms with E-state index in [1.54, 1.807) is 0 Å². The number of ether oxygens (including phenoxy) is 2. The van der Waals surface area contributed by atoms with Crippen LogP contribution in [0.5, 0.6) is 5.75 Å². The highest BCUT2D eigenvalue weighted by molar-refractivity contribution is 5.33. The number of anilines is 1. The molecule has 0 saturated carbocycles.